The van der Waals surface area contributed by atoms with Crippen LogP contribution in [0.25, 0.3) is 0 Å². The molecule has 4 heteroatoms. The second-order valence-electron chi connectivity index (χ2n) is 2.19. The molecule has 0 aliphatic heterocycles. The predicted molar refractivity (Wildman–Crippen MR) is 41.6 cm³/mol. The average Bonchev–Trinajstić information content (AvgIpc) is 2.05. The van der Waals surface area contributed by atoms with E-state index in [1.165, 1.54) is 6.20 Å². The Kier molecular flexibility index (Phi) is 2.74. The highest BCUT2D eigenvalue weighted by atomic mass is 16.5. The van der Waals surface area contributed by atoms with E-state index in [9.17, 15) is 4.79 Å². The lowest BCUT2D eigenvalue weighted by molar-refractivity contribution is 0.0524. The van der Waals surface area contributed by atoms with Crippen LogP contribution < -0.4 is 0 Å². The Bertz CT molecular complexity index is 286. The molecule has 0 saturated carbocycles. The third-order valence-electron chi connectivity index (χ3n) is 1.35. The molecular formula is C8H9N2O2. The number of ether oxygens (including phenoxy) is 1. The van der Waals surface area contributed by atoms with Gasteiger partial charge in [-0.1, -0.05) is 0 Å². The van der Waals surface area contributed by atoms with Gasteiger partial charge in [0, 0.05) is 6.20 Å². The maximum absolute atomic E-state index is 11.1. The third kappa shape index (κ3) is 1.78. The van der Waals surface area contributed by atoms with Gasteiger partial charge >= 0.3 is 5.97 Å². The average molecular weight is 165 g/mol. The monoisotopic (exact) mass is 165 g/mol. The van der Waals surface area contributed by atoms with Crippen LogP contribution in [-0.4, -0.2) is 22.5 Å². The third-order valence-corrected chi connectivity index (χ3v) is 1.35. The van der Waals surface area contributed by atoms with E-state index >= 15 is 0 Å². The summed E-state index contributed by atoms with van der Waals surface area (Å²) in [6.07, 6.45) is 3.79. The SMILES string of the molecule is CCOC(=O)c1cn[c]nc1C. The van der Waals surface area contributed by atoms with Crippen LogP contribution in [0.5, 0.6) is 0 Å². The first-order valence-electron chi connectivity index (χ1n) is 3.62. The Morgan fingerprint density at radius 1 is 1.75 bits per heavy atom. The molecule has 0 spiro atoms. The maximum atomic E-state index is 11.1. The van der Waals surface area contributed by atoms with Gasteiger partial charge in [-0.2, -0.15) is 0 Å². The Morgan fingerprint density at radius 3 is 3.08 bits per heavy atom. The van der Waals surface area contributed by atoms with Gasteiger partial charge in [-0.25, -0.2) is 14.8 Å². The number of carbonyl (C=O) groups excluding carboxylic acids is 1. The van der Waals surface area contributed by atoms with Crippen LogP contribution in [0.15, 0.2) is 6.20 Å². The van der Waals surface area contributed by atoms with E-state index in [4.69, 9.17) is 4.74 Å². The van der Waals surface area contributed by atoms with Crippen molar-refractivity contribution in [1.29, 1.82) is 0 Å². The Labute approximate surface area is 70.6 Å². The molecule has 0 unspecified atom stereocenters. The normalized spacial score (nSPS) is 9.50. The molecule has 0 atom stereocenters. The molecule has 0 bridgehead atoms. The minimum absolute atomic E-state index is 0.358. The summed E-state index contributed by atoms with van der Waals surface area (Å²) in [5.74, 6) is -0.385. The Balaban J connectivity index is 2.87. The smallest absolute Gasteiger partial charge is 0.341 e. The van der Waals surface area contributed by atoms with E-state index in [-0.39, 0.29) is 5.97 Å². The summed E-state index contributed by atoms with van der Waals surface area (Å²) >= 11 is 0. The van der Waals surface area contributed by atoms with E-state index < -0.39 is 0 Å². The fraction of sp³-hybridized carbons (Fsp3) is 0.375. The molecule has 0 aromatic carbocycles. The fourth-order valence-corrected chi connectivity index (χ4v) is 0.760. The highest BCUT2D eigenvalue weighted by Crippen LogP contribution is 2.02. The van der Waals surface area contributed by atoms with Crippen LogP contribution in [0.1, 0.15) is 23.0 Å². The fourth-order valence-electron chi connectivity index (χ4n) is 0.760. The Morgan fingerprint density at radius 2 is 2.50 bits per heavy atom. The molecule has 12 heavy (non-hydrogen) atoms. The molecule has 1 aromatic rings. The highest BCUT2D eigenvalue weighted by molar-refractivity contribution is 5.90. The predicted octanol–water partition coefficient (Wildman–Crippen LogP) is 0.762. The number of rotatable bonds is 2. The lowest BCUT2D eigenvalue weighted by atomic mass is 10.2. The number of esters is 1. The van der Waals surface area contributed by atoms with Crippen molar-refractivity contribution < 1.29 is 9.53 Å². The van der Waals surface area contributed by atoms with E-state index in [1.54, 1.807) is 13.8 Å². The van der Waals surface area contributed by atoms with Gasteiger partial charge in [-0.15, -0.1) is 0 Å². The summed E-state index contributed by atoms with van der Waals surface area (Å²) in [5, 5.41) is 0. The van der Waals surface area contributed by atoms with Crippen molar-refractivity contribution in [2.45, 2.75) is 13.8 Å². The van der Waals surface area contributed by atoms with Gasteiger partial charge in [0.05, 0.1) is 17.9 Å². The molecule has 0 fully saturated rings. The summed E-state index contributed by atoms with van der Waals surface area (Å²) < 4.78 is 4.78. The van der Waals surface area contributed by atoms with Crippen molar-refractivity contribution in [1.82, 2.24) is 9.97 Å². The van der Waals surface area contributed by atoms with Crippen LogP contribution in [0.3, 0.4) is 0 Å². The number of aromatic nitrogens is 2. The molecule has 0 N–H and O–H groups in total. The van der Waals surface area contributed by atoms with Crippen molar-refractivity contribution in [2.24, 2.45) is 0 Å². The van der Waals surface area contributed by atoms with Crippen molar-refractivity contribution in [3.05, 3.63) is 23.8 Å². The van der Waals surface area contributed by atoms with Crippen LogP contribution in [0.4, 0.5) is 0 Å². The van der Waals surface area contributed by atoms with Gasteiger partial charge in [0.1, 0.15) is 0 Å². The first kappa shape index (κ1) is 8.64. The first-order chi connectivity index (χ1) is 5.75. The number of aryl methyl sites for hydroxylation is 1. The summed E-state index contributed by atoms with van der Waals surface area (Å²) in [6.45, 7) is 3.82. The molecule has 1 radical (unpaired) electrons. The van der Waals surface area contributed by atoms with Crippen LogP contribution in [0.2, 0.25) is 0 Å². The van der Waals surface area contributed by atoms with Crippen LogP contribution in [-0.2, 0) is 4.74 Å². The maximum Gasteiger partial charge on any atom is 0.341 e. The molecule has 1 rings (SSSR count). The van der Waals surface area contributed by atoms with Gasteiger partial charge in [0.2, 0.25) is 0 Å². The molecule has 63 valence electrons. The van der Waals surface area contributed by atoms with E-state index in [0.717, 1.165) is 0 Å². The van der Waals surface area contributed by atoms with E-state index in [1.807, 2.05) is 0 Å². The lowest BCUT2D eigenvalue weighted by Gasteiger charge is -2.01. The van der Waals surface area contributed by atoms with Crippen molar-refractivity contribution in [2.75, 3.05) is 6.61 Å². The quantitative estimate of drug-likeness (QED) is 0.607. The summed E-state index contributed by atoms with van der Waals surface area (Å²) in [4.78, 5) is 18.5. The standard InChI is InChI=1S/C8H9N2O2/c1-3-12-8(11)7-4-9-5-10-6(7)2/h4H,3H2,1-2H3. The minimum atomic E-state index is -0.385. The van der Waals surface area contributed by atoms with Crippen molar-refractivity contribution in [3.63, 3.8) is 0 Å². The van der Waals surface area contributed by atoms with Gasteiger partial charge < -0.3 is 4.74 Å². The molecule has 0 saturated heterocycles. The highest BCUT2D eigenvalue weighted by Gasteiger charge is 2.09. The second-order valence-corrected chi connectivity index (χ2v) is 2.19. The molecule has 1 heterocycles. The van der Waals surface area contributed by atoms with Gasteiger partial charge in [0.25, 0.3) is 0 Å². The van der Waals surface area contributed by atoms with E-state index in [0.29, 0.717) is 17.9 Å². The summed E-state index contributed by atoms with van der Waals surface area (Å²) in [5.41, 5.74) is 0.985. The second kappa shape index (κ2) is 3.80. The number of nitrogens with zero attached hydrogens (tertiary/aromatic N) is 2. The molecule has 4 nitrogen and oxygen atoms in total. The molecule has 0 amide bonds. The van der Waals surface area contributed by atoms with Crippen molar-refractivity contribution in [3.8, 4) is 0 Å². The van der Waals surface area contributed by atoms with Crippen molar-refractivity contribution >= 4 is 5.97 Å². The summed E-state index contributed by atoms with van der Waals surface area (Å²) in [6, 6.07) is 0. The topological polar surface area (TPSA) is 52.1 Å². The minimum Gasteiger partial charge on any atom is -0.462 e. The molecule has 0 aliphatic carbocycles. The van der Waals surface area contributed by atoms with Gasteiger partial charge in [-0.3, -0.25) is 0 Å². The van der Waals surface area contributed by atoms with Crippen LogP contribution in [0, 0.1) is 13.3 Å². The lowest BCUT2D eigenvalue weighted by Crippen LogP contribution is -2.08. The summed E-state index contributed by atoms with van der Waals surface area (Å²) in [7, 11) is 0. The molecule has 0 aliphatic rings. The first-order valence-corrected chi connectivity index (χ1v) is 3.62. The van der Waals surface area contributed by atoms with Crippen LogP contribution >= 0.6 is 0 Å². The zero-order valence-corrected chi connectivity index (χ0v) is 7.00. The molecule has 1 aromatic heterocycles. The zero-order chi connectivity index (χ0) is 8.97. The number of carbonyl (C=O) groups is 1. The number of hydrogen-bond acceptors (Lipinski definition) is 4. The number of hydrogen-bond donors (Lipinski definition) is 0. The molecular weight excluding hydrogens is 156 g/mol. The zero-order valence-electron chi connectivity index (χ0n) is 7.00. The Hall–Kier alpha value is -1.45. The van der Waals surface area contributed by atoms with E-state index in [2.05, 4.69) is 16.3 Å². The largest absolute Gasteiger partial charge is 0.462 e. The van der Waals surface area contributed by atoms with Gasteiger partial charge in [-0.05, 0) is 13.8 Å². The van der Waals surface area contributed by atoms with Gasteiger partial charge in [0.15, 0.2) is 6.33 Å².